The number of phenols is 1. The summed E-state index contributed by atoms with van der Waals surface area (Å²) < 4.78 is 5.81. The van der Waals surface area contributed by atoms with Crippen molar-refractivity contribution in [2.45, 2.75) is 13.8 Å². The van der Waals surface area contributed by atoms with E-state index in [9.17, 15) is 9.90 Å². The predicted octanol–water partition coefficient (Wildman–Crippen LogP) is 6.06. The van der Waals surface area contributed by atoms with Gasteiger partial charge in [-0.1, -0.05) is 18.2 Å². The van der Waals surface area contributed by atoms with Gasteiger partial charge in [-0.05, 0) is 44.2 Å². The van der Waals surface area contributed by atoms with Crippen molar-refractivity contribution >= 4 is 49.8 Å². The molecule has 0 bridgehead atoms. The van der Waals surface area contributed by atoms with Crippen LogP contribution in [0.4, 0.5) is 11.5 Å². The summed E-state index contributed by atoms with van der Waals surface area (Å²) in [5, 5.41) is 20.5. The Kier molecular flexibility index (Phi) is 4.75. The second-order valence-corrected chi connectivity index (χ2v) is 7.43. The molecule has 2 aromatic carbocycles. The van der Waals surface area contributed by atoms with Gasteiger partial charge < -0.3 is 9.84 Å². The van der Waals surface area contributed by atoms with Gasteiger partial charge in [-0.3, -0.25) is 0 Å². The summed E-state index contributed by atoms with van der Waals surface area (Å²) in [4.78, 5) is 17.9. The largest absolute Gasteiger partial charge is 0.507 e. The number of para-hydroxylation sites is 1. The predicted molar refractivity (Wildman–Crippen MR) is 110 cm³/mol. The molecule has 7 heteroatoms. The summed E-state index contributed by atoms with van der Waals surface area (Å²) in [6.45, 7) is 3.88. The van der Waals surface area contributed by atoms with Crippen LogP contribution in [0.2, 0.25) is 0 Å². The first-order chi connectivity index (χ1) is 13.6. The highest BCUT2D eigenvalue weighted by atomic mass is 32.1. The summed E-state index contributed by atoms with van der Waals surface area (Å²) in [6, 6.07) is 14.7. The lowest BCUT2D eigenvalue weighted by molar-refractivity contribution is 0.0527. The quantitative estimate of drug-likeness (QED) is 0.339. The molecule has 2 heterocycles. The number of aromatic hydroxyl groups is 1. The minimum Gasteiger partial charge on any atom is -0.507 e. The van der Waals surface area contributed by atoms with Gasteiger partial charge in [0.05, 0.1) is 22.4 Å². The number of nitrogens with zero attached hydrogens (tertiary/aromatic N) is 3. The lowest BCUT2D eigenvalue weighted by Gasteiger charge is -2.07. The maximum atomic E-state index is 12.4. The topological polar surface area (TPSA) is 84.1 Å². The van der Waals surface area contributed by atoms with E-state index in [-0.39, 0.29) is 17.9 Å². The summed E-state index contributed by atoms with van der Waals surface area (Å²) in [5.41, 5.74) is 1.37. The zero-order chi connectivity index (χ0) is 19.7. The molecule has 0 fully saturated rings. The fraction of sp³-hybridized carbons (Fsp3) is 0.143. The first-order valence-corrected chi connectivity index (χ1v) is 9.59. The maximum Gasteiger partial charge on any atom is 0.340 e. The van der Waals surface area contributed by atoms with Crippen LogP contribution in [0.15, 0.2) is 58.8 Å². The molecule has 0 atom stereocenters. The van der Waals surface area contributed by atoms with Crippen LogP contribution in [0.5, 0.6) is 5.75 Å². The van der Waals surface area contributed by atoms with Gasteiger partial charge >= 0.3 is 5.97 Å². The highest BCUT2D eigenvalue weighted by Crippen LogP contribution is 2.42. The number of fused-ring (bicyclic) bond motifs is 2. The number of hydrogen-bond acceptors (Lipinski definition) is 7. The normalized spacial score (nSPS) is 11.5. The number of aryl methyl sites for hydroxylation is 1. The van der Waals surface area contributed by atoms with Gasteiger partial charge in [-0.25, -0.2) is 9.78 Å². The Labute approximate surface area is 165 Å². The molecular formula is C21H17N3O3S. The molecule has 0 saturated heterocycles. The molecule has 0 spiro atoms. The third kappa shape index (κ3) is 3.32. The van der Waals surface area contributed by atoms with Crippen LogP contribution in [0, 0.1) is 6.92 Å². The van der Waals surface area contributed by atoms with E-state index in [1.807, 2.05) is 43.3 Å². The van der Waals surface area contributed by atoms with E-state index < -0.39 is 5.97 Å². The number of pyridine rings is 1. The van der Waals surface area contributed by atoms with Crippen LogP contribution in [-0.4, -0.2) is 22.7 Å². The fourth-order valence-electron chi connectivity index (χ4n) is 2.96. The molecule has 0 aliphatic rings. The number of benzene rings is 2. The molecule has 0 radical (unpaired) electrons. The van der Waals surface area contributed by atoms with Crippen molar-refractivity contribution in [1.29, 1.82) is 0 Å². The summed E-state index contributed by atoms with van der Waals surface area (Å²) in [5.74, 6) is -0.0978. The lowest BCUT2D eigenvalue weighted by atomic mass is 10.1. The van der Waals surface area contributed by atoms with Gasteiger partial charge in [0.2, 0.25) is 0 Å². The number of ether oxygens (including phenoxy) is 1. The molecule has 140 valence electrons. The molecule has 0 unspecified atom stereocenters. The Morgan fingerprint density at radius 2 is 2.00 bits per heavy atom. The minimum absolute atomic E-state index is 0.0187. The molecule has 4 aromatic rings. The Bertz CT molecular complexity index is 1230. The van der Waals surface area contributed by atoms with Crippen molar-refractivity contribution < 1.29 is 14.6 Å². The van der Waals surface area contributed by atoms with Crippen molar-refractivity contribution in [1.82, 2.24) is 4.98 Å². The van der Waals surface area contributed by atoms with Crippen molar-refractivity contribution in [2.75, 3.05) is 6.61 Å². The zero-order valence-electron chi connectivity index (χ0n) is 15.3. The van der Waals surface area contributed by atoms with Crippen LogP contribution in [0.3, 0.4) is 0 Å². The number of thiophene rings is 1. The average Bonchev–Trinajstić information content (AvgIpc) is 3.09. The van der Waals surface area contributed by atoms with Gasteiger partial charge in [-0.2, -0.15) is 0 Å². The fourth-order valence-corrected chi connectivity index (χ4v) is 3.98. The number of rotatable bonds is 4. The second kappa shape index (κ2) is 7.36. The van der Waals surface area contributed by atoms with E-state index in [0.717, 1.165) is 15.8 Å². The van der Waals surface area contributed by atoms with Crippen molar-refractivity contribution in [3.63, 3.8) is 0 Å². The third-order valence-corrected chi connectivity index (χ3v) is 5.27. The molecule has 0 aliphatic carbocycles. The van der Waals surface area contributed by atoms with Crippen LogP contribution in [-0.2, 0) is 4.74 Å². The van der Waals surface area contributed by atoms with Crippen LogP contribution >= 0.6 is 11.3 Å². The monoisotopic (exact) mass is 391 g/mol. The van der Waals surface area contributed by atoms with Crippen molar-refractivity contribution in [3.8, 4) is 5.75 Å². The molecule has 2 aromatic heterocycles. The molecule has 1 N–H and O–H groups in total. The van der Waals surface area contributed by atoms with E-state index in [2.05, 4.69) is 15.2 Å². The Hall–Kier alpha value is -3.32. The number of azo groups is 1. The second-order valence-electron chi connectivity index (χ2n) is 6.17. The smallest absolute Gasteiger partial charge is 0.340 e. The molecule has 28 heavy (non-hydrogen) atoms. The Morgan fingerprint density at radius 3 is 2.82 bits per heavy atom. The number of aromatic nitrogens is 1. The number of esters is 1. The van der Waals surface area contributed by atoms with Crippen molar-refractivity contribution in [2.24, 2.45) is 10.2 Å². The Morgan fingerprint density at radius 1 is 1.18 bits per heavy atom. The molecule has 0 saturated carbocycles. The minimum atomic E-state index is -0.550. The molecule has 6 nitrogen and oxygen atoms in total. The van der Waals surface area contributed by atoms with Crippen molar-refractivity contribution in [3.05, 3.63) is 59.0 Å². The van der Waals surface area contributed by atoms with E-state index in [0.29, 0.717) is 21.6 Å². The standard InChI is InChI=1S/C21H17N3O3S/c1-3-27-21(26)15-11-17(25)14-10-12(2)28-20(14)19(15)24-23-18-9-8-13-6-4-5-7-16(13)22-18/h4-11,25H,3H2,1-2H3. The number of phenolic OH excluding ortho intramolecular Hbond substituents is 1. The van der Waals surface area contributed by atoms with E-state index in [1.165, 1.54) is 17.4 Å². The zero-order valence-corrected chi connectivity index (χ0v) is 16.2. The molecule has 0 aliphatic heterocycles. The average molecular weight is 391 g/mol. The van der Waals surface area contributed by atoms with E-state index >= 15 is 0 Å². The molecular weight excluding hydrogens is 374 g/mol. The first-order valence-electron chi connectivity index (χ1n) is 8.77. The number of carbonyl (C=O) groups excluding carboxylic acids is 1. The SMILES string of the molecule is CCOC(=O)c1cc(O)c2cc(C)sc2c1N=Nc1ccc2ccccc2n1. The molecule has 0 amide bonds. The third-order valence-electron chi connectivity index (χ3n) is 4.21. The van der Waals surface area contributed by atoms with Gasteiger partial charge in [0, 0.05) is 15.6 Å². The van der Waals surface area contributed by atoms with Gasteiger partial charge in [0.15, 0.2) is 5.82 Å². The maximum absolute atomic E-state index is 12.4. The first kappa shape index (κ1) is 18.1. The summed E-state index contributed by atoms with van der Waals surface area (Å²) >= 11 is 1.44. The highest BCUT2D eigenvalue weighted by molar-refractivity contribution is 7.19. The van der Waals surface area contributed by atoms with Gasteiger partial charge in [0.1, 0.15) is 11.4 Å². The summed E-state index contributed by atoms with van der Waals surface area (Å²) in [7, 11) is 0. The number of carbonyl (C=O) groups is 1. The Balaban J connectivity index is 1.85. The van der Waals surface area contributed by atoms with Gasteiger partial charge in [-0.15, -0.1) is 21.6 Å². The number of hydrogen-bond donors (Lipinski definition) is 1. The molecule has 4 rings (SSSR count). The van der Waals surface area contributed by atoms with Gasteiger partial charge in [0.25, 0.3) is 0 Å². The van der Waals surface area contributed by atoms with Crippen LogP contribution < -0.4 is 0 Å². The van der Waals surface area contributed by atoms with Crippen LogP contribution in [0.1, 0.15) is 22.2 Å². The lowest BCUT2D eigenvalue weighted by Crippen LogP contribution is -2.04. The van der Waals surface area contributed by atoms with Crippen LogP contribution in [0.25, 0.3) is 21.0 Å². The highest BCUT2D eigenvalue weighted by Gasteiger charge is 2.20. The van der Waals surface area contributed by atoms with E-state index in [1.54, 1.807) is 13.0 Å². The van der Waals surface area contributed by atoms with E-state index in [4.69, 9.17) is 4.74 Å². The summed E-state index contributed by atoms with van der Waals surface area (Å²) in [6.07, 6.45) is 0.